The van der Waals surface area contributed by atoms with Gasteiger partial charge in [-0.2, -0.15) is 0 Å². The number of carbonyl (C=O) groups excluding carboxylic acids is 2. The highest BCUT2D eigenvalue weighted by molar-refractivity contribution is 6.30. The summed E-state index contributed by atoms with van der Waals surface area (Å²) in [6, 6.07) is 8.12. The predicted octanol–water partition coefficient (Wildman–Crippen LogP) is 1.82. The van der Waals surface area contributed by atoms with E-state index in [-0.39, 0.29) is 17.1 Å². The lowest BCUT2D eigenvalue weighted by molar-refractivity contribution is -0.117. The van der Waals surface area contributed by atoms with E-state index in [0.717, 1.165) is 6.42 Å². The Balaban J connectivity index is 2.38. The zero-order valence-corrected chi connectivity index (χ0v) is 10.1. The summed E-state index contributed by atoms with van der Waals surface area (Å²) in [6.07, 6.45) is 1.40. The van der Waals surface area contributed by atoms with Crippen LogP contribution >= 0.6 is 0 Å². The molecule has 1 aromatic rings. The van der Waals surface area contributed by atoms with Crippen LogP contribution in [0, 0.1) is 0 Å². The Morgan fingerprint density at radius 2 is 1.94 bits per heavy atom. The Bertz CT molecular complexity index is 505. The van der Waals surface area contributed by atoms with Gasteiger partial charge in [-0.05, 0) is 6.42 Å². The minimum Gasteiger partial charge on any atom is -0.506 e. The summed E-state index contributed by atoms with van der Waals surface area (Å²) >= 11 is 0. The highest BCUT2D eigenvalue weighted by Gasteiger charge is 2.37. The van der Waals surface area contributed by atoms with E-state index in [0.29, 0.717) is 12.0 Å². The average Bonchev–Trinajstić information content (AvgIpc) is 2.65. The lowest BCUT2D eigenvalue weighted by Crippen LogP contribution is -2.28. The van der Waals surface area contributed by atoms with E-state index in [4.69, 9.17) is 0 Å². The van der Waals surface area contributed by atoms with Crippen molar-refractivity contribution < 1.29 is 14.7 Å². The third-order valence-corrected chi connectivity index (χ3v) is 2.96. The first-order chi connectivity index (χ1) is 8.65. The van der Waals surface area contributed by atoms with Crippen LogP contribution in [0.5, 0.6) is 0 Å². The maximum absolute atomic E-state index is 12.0. The van der Waals surface area contributed by atoms with Crippen LogP contribution in [0.15, 0.2) is 35.9 Å². The van der Waals surface area contributed by atoms with Crippen molar-refractivity contribution in [2.45, 2.75) is 25.8 Å². The van der Waals surface area contributed by atoms with Crippen LogP contribution < -0.4 is 5.32 Å². The topological polar surface area (TPSA) is 66.4 Å². The normalized spacial score (nSPS) is 21.9. The van der Waals surface area contributed by atoms with Crippen molar-refractivity contribution in [1.29, 1.82) is 0 Å². The van der Waals surface area contributed by atoms with E-state index in [1.807, 2.05) is 6.92 Å². The second-order valence-corrected chi connectivity index (χ2v) is 4.27. The van der Waals surface area contributed by atoms with Gasteiger partial charge in [-0.3, -0.25) is 9.59 Å². The van der Waals surface area contributed by atoms with E-state index >= 15 is 0 Å². The molecule has 0 aliphatic carbocycles. The standard InChI is InChI=1S/C14H15NO3/c1-2-6-10-13(17)11(14(18)15-10)12(16)9-7-4-3-5-8-9/h3-5,7-8,10,16H,2,6H2,1H3,(H,15,18)/b12-11+. The van der Waals surface area contributed by atoms with Crippen LogP contribution in [0.1, 0.15) is 25.3 Å². The molecule has 1 atom stereocenters. The number of aliphatic hydroxyl groups is 1. The van der Waals surface area contributed by atoms with Crippen molar-refractivity contribution in [1.82, 2.24) is 5.32 Å². The largest absolute Gasteiger partial charge is 0.506 e. The molecule has 1 aromatic carbocycles. The van der Waals surface area contributed by atoms with E-state index in [1.54, 1.807) is 30.3 Å². The minimum absolute atomic E-state index is 0.125. The molecule has 1 saturated heterocycles. The molecule has 18 heavy (non-hydrogen) atoms. The number of benzene rings is 1. The Labute approximate surface area is 105 Å². The fraction of sp³-hybridized carbons (Fsp3) is 0.286. The fourth-order valence-electron chi connectivity index (χ4n) is 2.04. The molecule has 0 bridgehead atoms. The number of carbonyl (C=O) groups is 2. The summed E-state index contributed by atoms with van der Waals surface area (Å²) in [6.45, 7) is 1.94. The van der Waals surface area contributed by atoms with Gasteiger partial charge in [-0.25, -0.2) is 0 Å². The molecule has 94 valence electrons. The van der Waals surface area contributed by atoms with Gasteiger partial charge in [0.05, 0.1) is 6.04 Å². The van der Waals surface area contributed by atoms with Crippen molar-refractivity contribution in [3.8, 4) is 0 Å². The van der Waals surface area contributed by atoms with Crippen molar-refractivity contribution in [2.24, 2.45) is 0 Å². The first-order valence-corrected chi connectivity index (χ1v) is 5.99. The van der Waals surface area contributed by atoms with Crippen molar-refractivity contribution in [3.63, 3.8) is 0 Å². The SMILES string of the molecule is CCCC1NC(=O)/C(=C(/O)c2ccccc2)C1=O. The summed E-state index contributed by atoms with van der Waals surface area (Å²) < 4.78 is 0. The Morgan fingerprint density at radius 3 is 2.56 bits per heavy atom. The second-order valence-electron chi connectivity index (χ2n) is 4.27. The minimum atomic E-state index is -0.497. The molecule has 1 unspecified atom stereocenters. The summed E-state index contributed by atoms with van der Waals surface area (Å²) in [5.74, 6) is -1.04. The smallest absolute Gasteiger partial charge is 0.259 e. The summed E-state index contributed by atoms with van der Waals surface area (Å²) in [5, 5.41) is 12.6. The van der Waals surface area contributed by atoms with Crippen LogP contribution in [0.4, 0.5) is 0 Å². The van der Waals surface area contributed by atoms with Gasteiger partial charge < -0.3 is 10.4 Å². The lowest BCUT2D eigenvalue weighted by Gasteiger charge is -2.04. The van der Waals surface area contributed by atoms with Crippen molar-refractivity contribution in [3.05, 3.63) is 41.5 Å². The number of ketones is 1. The molecule has 2 N–H and O–H groups in total. The van der Waals surface area contributed by atoms with E-state index in [9.17, 15) is 14.7 Å². The molecule has 0 spiro atoms. The molecular formula is C14H15NO3. The number of nitrogens with one attached hydrogen (secondary N) is 1. The lowest BCUT2D eigenvalue weighted by atomic mass is 10.0. The van der Waals surface area contributed by atoms with Crippen LogP contribution in [-0.2, 0) is 9.59 Å². The third-order valence-electron chi connectivity index (χ3n) is 2.96. The van der Waals surface area contributed by atoms with Crippen LogP contribution in [-0.4, -0.2) is 22.8 Å². The number of amides is 1. The van der Waals surface area contributed by atoms with Crippen molar-refractivity contribution >= 4 is 17.4 Å². The van der Waals surface area contributed by atoms with E-state index in [2.05, 4.69) is 5.32 Å². The molecule has 4 heteroatoms. The molecule has 0 saturated carbocycles. The van der Waals surface area contributed by atoms with Gasteiger partial charge in [0.1, 0.15) is 11.3 Å². The van der Waals surface area contributed by atoms with Crippen LogP contribution in [0.2, 0.25) is 0 Å². The average molecular weight is 245 g/mol. The molecule has 1 fully saturated rings. The highest BCUT2D eigenvalue weighted by atomic mass is 16.3. The number of hydrogen-bond donors (Lipinski definition) is 2. The van der Waals surface area contributed by atoms with Gasteiger partial charge in [0, 0.05) is 5.56 Å². The number of rotatable bonds is 3. The molecule has 1 heterocycles. The van der Waals surface area contributed by atoms with Gasteiger partial charge in [-0.1, -0.05) is 43.7 Å². The third kappa shape index (κ3) is 2.14. The predicted molar refractivity (Wildman–Crippen MR) is 67.8 cm³/mol. The van der Waals surface area contributed by atoms with Crippen LogP contribution in [0.25, 0.3) is 5.76 Å². The molecule has 1 aliphatic heterocycles. The Hall–Kier alpha value is -2.10. The van der Waals surface area contributed by atoms with Gasteiger partial charge >= 0.3 is 0 Å². The van der Waals surface area contributed by atoms with Crippen molar-refractivity contribution in [2.75, 3.05) is 0 Å². The first kappa shape index (κ1) is 12.4. The van der Waals surface area contributed by atoms with Gasteiger partial charge in [0.2, 0.25) is 0 Å². The quantitative estimate of drug-likeness (QED) is 0.485. The summed E-state index contributed by atoms with van der Waals surface area (Å²) in [7, 11) is 0. The number of aliphatic hydroxyl groups excluding tert-OH is 1. The molecule has 0 radical (unpaired) electrons. The van der Waals surface area contributed by atoms with Gasteiger partial charge in [0.15, 0.2) is 5.78 Å². The first-order valence-electron chi connectivity index (χ1n) is 5.99. The zero-order valence-electron chi connectivity index (χ0n) is 10.1. The second kappa shape index (κ2) is 5.04. The van der Waals surface area contributed by atoms with Gasteiger partial charge in [-0.15, -0.1) is 0 Å². The molecule has 0 aromatic heterocycles. The summed E-state index contributed by atoms with van der Waals surface area (Å²) in [5.41, 5.74) is 0.354. The molecule has 1 amide bonds. The number of Topliss-reactive ketones (excluding diaryl/α,β-unsaturated/α-hetero) is 1. The molecule has 2 rings (SSSR count). The highest BCUT2D eigenvalue weighted by Crippen LogP contribution is 2.22. The van der Waals surface area contributed by atoms with E-state index < -0.39 is 11.9 Å². The maximum atomic E-state index is 12.0. The fourth-order valence-corrected chi connectivity index (χ4v) is 2.04. The van der Waals surface area contributed by atoms with Crippen LogP contribution in [0.3, 0.4) is 0 Å². The Morgan fingerprint density at radius 1 is 1.28 bits per heavy atom. The molecule has 1 aliphatic rings. The van der Waals surface area contributed by atoms with Gasteiger partial charge in [0.25, 0.3) is 5.91 Å². The maximum Gasteiger partial charge on any atom is 0.259 e. The molecular weight excluding hydrogens is 230 g/mol. The summed E-state index contributed by atoms with van der Waals surface area (Å²) in [4.78, 5) is 23.8. The van der Waals surface area contributed by atoms with E-state index in [1.165, 1.54) is 0 Å². The monoisotopic (exact) mass is 245 g/mol. The zero-order chi connectivity index (χ0) is 13.1. The number of hydrogen-bond acceptors (Lipinski definition) is 3. The molecule has 4 nitrogen and oxygen atoms in total. The Kier molecular flexibility index (Phi) is 3.46.